The largest absolute Gasteiger partial charge is 0.497 e. The summed E-state index contributed by atoms with van der Waals surface area (Å²) in [6, 6.07) is 5.34. The van der Waals surface area contributed by atoms with Gasteiger partial charge in [0.1, 0.15) is 11.5 Å². The van der Waals surface area contributed by atoms with E-state index < -0.39 is 0 Å². The first-order valence-electron chi connectivity index (χ1n) is 8.00. The summed E-state index contributed by atoms with van der Waals surface area (Å²) < 4.78 is 10.9. The minimum atomic E-state index is 0.0206. The highest BCUT2D eigenvalue weighted by molar-refractivity contribution is 5.97. The van der Waals surface area contributed by atoms with Crippen LogP contribution in [0.15, 0.2) is 18.2 Å². The Morgan fingerprint density at radius 1 is 1.05 bits per heavy atom. The summed E-state index contributed by atoms with van der Waals surface area (Å²) in [7, 11) is 1.61. The van der Waals surface area contributed by atoms with Gasteiger partial charge < -0.3 is 9.47 Å². The molecule has 0 heterocycles. The predicted octanol–water partition coefficient (Wildman–Crippen LogP) is 5.03. The van der Waals surface area contributed by atoms with Crippen molar-refractivity contribution >= 4 is 5.78 Å². The van der Waals surface area contributed by atoms with Gasteiger partial charge in [-0.25, -0.2) is 0 Å². The van der Waals surface area contributed by atoms with Gasteiger partial charge >= 0.3 is 0 Å². The van der Waals surface area contributed by atoms with E-state index in [2.05, 4.69) is 6.92 Å². The molecule has 0 unspecified atom stereocenters. The van der Waals surface area contributed by atoms with Crippen LogP contribution < -0.4 is 9.47 Å². The lowest BCUT2D eigenvalue weighted by atomic mass is 10.1. The Balaban J connectivity index is 2.35. The minimum absolute atomic E-state index is 0.0206. The van der Waals surface area contributed by atoms with Gasteiger partial charge in [0.15, 0.2) is 5.78 Å². The maximum Gasteiger partial charge on any atom is 0.163 e. The lowest BCUT2D eigenvalue weighted by Crippen LogP contribution is -2.03. The minimum Gasteiger partial charge on any atom is -0.497 e. The number of hydrogen-bond donors (Lipinski definition) is 0. The Bertz CT molecular complexity index is 426. The second kappa shape index (κ2) is 10.3. The Morgan fingerprint density at radius 3 is 2.33 bits per heavy atom. The van der Waals surface area contributed by atoms with Gasteiger partial charge in [0, 0.05) is 6.07 Å². The van der Waals surface area contributed by atoms with E-state index in [-0.39, 0.29) is 5.78 Å². The number of unbranched alkanes of at least 4 members (excludes halogenated alkanes) is 6. The molecule has 0 bridgehead atoms. The molecule has 0 N–H and O–H groups in total. The molecule has 0 atom stereocenters. The molecule has 1 rings (SSSR count). The number of Topliss-reactive ketones (excluding diaryl/α,β-unsaturated/α-hetero) is 1. The average molecular weight is 292 g/mol. The zero-order valence-corrected chi connectivity index (χ0v) is 13.6. The van der Waals surface area contributed by atoms with E-state index in [0.29, 0.717) is 17.9 Å². The molecule has 118 valence electrons. The number of hydrogen-bond acceptors (Lipinski definition) is 3. The molecule has 0 radical (unpaired) electrons. The van der Waals surface area contributed by atoms with Crippen LogP contribution in [0.3, 0.4) is 0 Å². The quantitative estimate of drug-likeness (QED) is 0.424. The maximum absolute atomic E-state index is 11.6. The van der Waals surface area contributed by atoms with Crippen LogP contribution in [0.5, 0.6) is 11.5 Å². The smallest absolute Gasteiger partial charge is 0.163 e. The van der Waals surface area contributed by atoms with Crippen LogP contribution in [0.4, 0.5) is 0 Å². The molecule has 1 aromatic rings. The third-order valence-corrected chi connectivity index (χ3v) is 3.57. The molecule has 0 aliphatic rings. The Hall–Kier alpha value is -1.51. The lowest BCUT2D eigenvalue weighted by Gasteiger charge is -2.11. The highest BCUT2D eigenvalue weighted by atomic mass is 16.5. The summed E-state index contributed by atoms with van der Waals surface area (Å²) in [5.74, 6) is 1.37. The number of ether oxygens (including phenoxy) is 2. The van der Waals surface area contributed by atoms with Gasteiger partial charge in [-0.3, -0.25) is 4.79 Å². The van der Waals surface area contributed by atoms with Gasteiger partial charge in [0.2, 0.25) is 0 Å². The first-order chi connectivity index (χ1) is 10.2. The molecule has 1 aromatic carbocycles. The molecule has 0 fully saturated rings. The van der Waals surface area contributed by atoms with Gasteiger partial charge in [-0.2, -0.15) is 0 Å². The number of ketones is 1. The molecule has 21 heavy (non-hydrogen) atoms. The highest BCUT2D eigenvalue weighted by Crippen LogP contribution is 2.25. The van der Waals surface area contributed by atoms with Crippen LogP contribution in [-0.4, -0.2) is 19.5 Å². The third-order valence-electron chi connectivity index (χ3n) is 3.57. The molecule has 0 aliphatic carbocycles. The van der Waals surface area contributed by atoms with Crippen molar-refractivity contribution < 1.29 is 14.3 Å². The van der Waals surface area contributed by atoms with Crippen molar-refractivity contribution in [3.8, 4) is 11.5 Å². The number of methoxy groups -OCH3 is 1. The van der Waals surface area contributed by atoms with Crippen LogP contribution in [0.1, 0.15) is 69.2 Å². The van der Waals surface area contributed by atoms with E-state index in [1.165, 1.54) is 38.5 Å². The van der Waals surface area contributed by atoms with Crippen molar-refractivity contribution in [1.29, 1.82) is 0 Å². The SMILES string of the molecule is CCCCCCCCCOc1cc(OC)ccc1C(C)=O. The van der Waals surface area contributed by atoms with Crippen molar-refractivity contribution in [2.24, 2.45) is 0 Å². The maximum atomic E-state index is 11.6. The molecule has 0 saturated carbocycles. The van der Waals surface area contributed by atoms with Gasteiger partial charge in [-0.1, -0.05) is 45.4 Å². The molecule has 0 amide bonds. The van der Waals surface area contributed by atoms with Crippen molar-refractivity contribution in [2.75, 3.05) is 13.7 Å². The third kappa shape index (κ3) is 6.65. The normalized spacial score (nSPS) is 10.4. The van der Waals surface area contributed by atoms with Crippen molar-refractivity contribution in [1.82, 2.24) is 0 Å². The summed E-state index contributed by atoms with van der Waals surface area (Å²) in [6.45, 7) is 4.44. The van der Waals surface area contributed by atoms with Crippen LogP contribution in [0, 0.1) is 0 Å². The number of benzene rings is 1. The van der Waals surface area contributed by atoms with Crippen molar-refractivity contribution in [2.45, 2.75) is 58.8 Å². The Morgan fingerprint density at radius 2 is 1.71 bits per heavy atom. The van der Waals surface area contributed by atoms with Gasteiger partial charge in [-0.15, -0.1) is 0 Å². The average Bonchev–Trinajstić information content (AvgIpc) is 2.49. The second-order valence-corrected chi connectivity index (χ2v) is 5.39. The lowest BCUT2D eigenvalue weighted by molar-refractivity contribution is 0.101. The topological polar surface area (TPSA) is 35.5 Å². The van der Waals surface area contributed by atoms with E-state index in [1.807, 2.05) is 0 Å². The number of carbonyl (C=O) groups excluding carboxylic acids is 1. The summed E-state index contributed by atoms with van der Waals surface area (Å²) in [4.78, 5) is 11.6. The van der Waals surface area contributed by atoms with E-state index in [4.69, 9.17) is 9.47 Å². The first kappa shape index (κ1) is 17.5. The van der Waals surface area contributed by atoms with E-state index >= 15 is 0 Å². The van der Waals surface area contributed by atoms with E-state index in [1.54, 1.807) is 32.2 Å². The zero-order valence-electron chi connectivity index (χ0n) is 13.6. The van der Waals surface area contributed by atoms with Gasteiger partial charge in [-0.05, 0) is 25.5 Å². The molecule has 0 saturated heterocycles. The fourth-order valence-corrected chi connectivity index (χ4v) is 2.28. The molecule has 0 aliphatic heterocycles. The molecule has 0 aromatic heterocycles. The fraction of sp³-hybridized carbons (Fsp3) is 0.611. The van der Waals surface area contributed by atoms with Crippen LogP contribution in [0.2, 0.25) is 0 Å². The predicted molar refractivity (Wildman–Crippen MR) is 86.5 cm³/mol. The first-order valence-corrected chi connectivity index (χ1v) is 8.00. The van der Waals surface area contributed by atoms with Crippen LogP contribution >= 0.6 is 0 Å². The van der Waals surface area contributed by atoms with Gasteiger partial charge in [0.25, 0.3) is 0 Å². The summed E-state index contributed by atoms with van der Waals surface area (Å²) in [5.41, 5.74) is 0.624. The van der Waals surface area contributed by atoms with Crippen LogP contribution in [-0.2, 0) is 0 Å². The highest BCUT2D eigenvalue weighted by Gasteiger charge is 2.09. The summed E-state index contributed by atoms with van der Waals surface area (Å²) >= 11 is 0. The second-order valence-electron chi connectivity index (χ2n) is 5.39. The summed E-state index contributed by atoms with van der Waals surface area (Å²) in [6.07, 6.45) is 8.74. The molecule has 0 spiro atoms. The molecular weight excluding hydrogens is 264 g/mol. The molecular formula is C18H28O3. The Kier molecular flexibility index (Phi) is 8.56. The molecule has 3 heteroatoms. The summed E-state index contributed by atoms with van der Waals surface area (Å²) in [5, 5.41) is 0. The van der Waals surface area contributed by atoms with E-state index in [9.17, 15) is 4.79 Å². The van der Waals surface area contributed by atoms with Crippen molar-refractivity contribution in [3.63, 3.8) is 0 Å². The number of rotatable bonds is 11. The Labute approximate surface area is 128 Å². The monoisotopic (exact) mass is 292 g/mol. The van der Waals surface area contributed by atoms with Crippen LogP contribution in [0.25, 0.3) is 0 Å². The van der Waals surface area contributed by atoms with Gasteiger partial charge in [0.05, 0.1) is 19.3 Å². The fourth-order valence-electron chi connectivity index (χ4n) is 2.28. The zero-order chi connectivity index (χ0) is 15.5. The van der Waals surface area contributed by atoms with E-state index in [0.717, 1.165) is 12.2 Å². The number of carbonyl (C=O) groups is 1. The van der Waals surface area contributed by atoms with Crippen molar-refractivity contribution in [3.05, 3.63) is 23.8 Å². The standard InChI is InChI=1S/C18H28O3/c1-4-5-6-7-8-9-10-13-21-18-14-16(20-3)11-12-17(18)15(2)19/h11-12,14H,4-10,13H2,1-3H3. The molecule has 3 nitrogen and oxygen atoms in total.